The van der Waals surface area contributed by atoms with E-state index < -0.39 is 10.0 Å². The number of hydrogen-bond donors (Lipinski definition) is 1. The molecule has 1 aliphatic rings. The summed E-state index contributed by atoms with van der Waals surface area (Å²) in [5.41, 5.74) is 2.02. The molecule has 0 aromatic heterocycles. The van der Waals surface area contributed by atoms with Crippen LogP contribution in [-0.4, -0.2) is 27.5 Å². The maximum absolute atomic E-state index is 12.4. The van der Waals surface area contributed by atoms with Crippen LogP contribution in [0.3, 0.4) is 0 Å². The van der Waals surface area contributed by atoms with Crippen molar-refractivity contribution in [3.8, 4) is 5.75 Å². The zero-order valence-electron chi connectivity index (χ0n) is 13.4. The van der Waals surface area contributed by atoms with Gasteiger partial charge in [0.05, 0.1) is 16.3 Å². The Morgan fingerprint density at radius 3 is 2.54 bits per heavy atom. The first-order valence-corrected chi connectivity index (χ1v) is 9.06. The second-order valence-electron chi connectivity index (χ2n) is 5.53. The van der Waals surface area contributed by atoms with Crippen molar-refractivity contribution in [1.82, 2.24) is 0 Å². The molecule has 2 aromatic rings. The number of nitrogens with zero attached hydrogens (tertiary/aromatic N) is 1. The third-order valence-corrected chi connectivity index (χ3v) is 5.20. The van der Waals surface area contributed by atoms with Crippen LogP contribution in [0.1, 0.15) is 12.5 Å². The Hall–Kier alpha value is -2.54. The summed E-state index contributed by atoms with van der Waals surface area (Å²) in [6.45, 7) is 4.26. The number of carbonyl (C=O) groups is 1. The Morgan fingerprint density at radius 1 is 1.17 bits per heavy atom. The van der Waals surface area contributed by atoms with Crippen molar-refractivity contribution >= 4 is 27.3 Å². The van der Waals surface area contributed by atoms with Crippen LogP contribution in [0.5, 0.6) is 5.75 Å². The van der Waals surface area contributed by atoms with E-state index in [1.165, 1.54) is 0 Å². The molecule has 1 amide bonds. The quantitative estimate of drug-likeness (QED) is 0.923. The molecule has 0 bridgehead atoms. The summed E-state index contributed by atoms with van der Waals surface area (Å²) >= 11 is 0. The molecule has 0 saturated carbocycles. The lowest BCUT2D eigenvalue weighted by atomic mass is 10.2. The van der Waals surface area contributed by atoms with Gasteiger partial charge in [-0.3, -0.25) is 9.52 Å². The summed E-state index contributed by atoms with van der Waals surface area (Å²) in [6.07, 6.45) is 0. The minimum absolute atomic E-state index is 0.0466. The molecule has 126 valence electrons. The van der Waals surface area contributed by atoms with Gasteiger partial charge in [0.2, 0.25) is 0 Å². The molecule has 6 nitrogen and oxygen atoms in total. The molecular formula is C17H18N2O4S. The lowest BCUT2D eigenvalue weighted by molar-refractivity contribution is -0.121. The van der Waals surface area contributed by atoms with Gasteiger partial charge in [-0.1, -0.05) is 17.7 Å². The van der Waals surface area contributed by atoms with Gasteiger partial charge in [-0.25, -0.2) is 8.42 Å². The molecule has 0 atom stereocenters. The summed E-state index contributed by atoms with van der Waals surface area (Å²) < 4.78 is 32.8. The monoisotopic (exact) mass is 346 g/mol. The second kappa shape index (κ2) is 6.16. The highest BCUT2D eigenvalue weighted by atomic mass is 32.2. The van der Waals surface area contributed by atoms with Gasteiger partial charge >= 0.3 is 0 Å². The predicted octanol–water partition coefficient (Wildman–Crippen LogP) is 2.54. The van der Waals surface area contributed by atoms with E-state index in [0.717, 1.165) is 5.56 Å². The highest BCUT2D eigenvalue weighted by Crippen LogP contribution is 2.34. The van der Waals surface area contributed by atoms with Gasteiger partial charge in [-0.2, -0.15) is 0 Å². The first-order valence-electron chi connectivity index (χ1n) is 7.57. The van der Waals surface area contributed by atoms with Gasteiger partial charge in [0.25, 0.3) is 15.9 Å². The fraction of sp³-hybridized carbons (Fsp3) is 0.235. The van der Waals surface area contributed by atoms with Crippen LogP contribution in [0.2, 0.25) is 0 Å². The predicted molar refractivity (Wildman–Crippen MR) is 92.0 cm³/mol. The number of ether oxygens (including phenoxy) is 1. The van der Waals surface area contributed by atoms with Gasteiger partial charge < -0.3 is 9.64 Å². The number of rotatable bonds is 4. The Morgan fingerprint density at radius 2 is 1.88 bits per heavy atom. The molecule has 0 unspecified atom stereocenters. The molecule has 0 aliphatic carbocycles. The molecule has 1 heterocycles. The van der Waals surface area contributed by atoms with E-state index in [2.05, 4.69) is 4.72 Å². The van der Waals surface area contributed by atoms with Crippen molar-refractivity contribution in [1.29, 1.82) is 0 Å². The summed E-state index contributed by atoms with van der Waals surface area (Å²) in [4.78, 5) is 13.6. The molecule has 1 N–H and O–H groups in total. The molecular weight excluding hydrogens is 328 g/mol. The smallest absolute Gasteiger partial charge is 0.265 e. The molecule has 2 aromatic carbocycles. The molecule has 3 rings (SSSR count). The highest BCUT2D eigenvalue weighted by molar-refractivity contribution is 7.92. The maximum atomic E-state index is 12.4. The summed E-state index contributed by atoms with van der Waals surface area (Å²) in [5, 5.41) is 0. The van der Waals surface area contributed by atoms with E-state index in [1.54, 1.807) is 47.4 Å². The van der Waals surface area contributed by atoms with Crippen molar-refractivity contribution in [2.24, 2.45) is 0 Å². The van der Waals surface area contributed by atoms with Crippen molar-refractivity contribution in [3.63, 3.8) is 0 Å². The van der Waals surface area contributed by atoms with Crippen LogP contribution < -0.4 is 14.4 Å². The number of fused-ring (bicyclic) bond motifs is 1. The van der Waals surface area contributed by atoms with Gasteiger partial charge in [0.15, 0.2) is 6.61 Å². The SMILES string of the molecule is CCN1C(=O)COc2cc(NS(=O)(=O)c3ccc(C)cc3)ccc21. The fourth-order valence-electron chi connectivity index (χ4n) is 2.55. The van der Waals surface area contributed by atoms with Crippen LogP contribution in [0, 0.1) is 6.92 Å². The number of aryl methyl sites for hydroxylation is 1. The number of amides is 1. The topological polar surface area (TPSA) is 75.7 Å². The van der Waals surface area contributed by atoms with Crippen molar-refractivity contribution in [2.45, 2.75) is 18.7 Å². The van der Waals surface area contributed by atoms with E-state index in [1.807, 2.05) is 13.8 Å². The number of nitrogens with one attached hydrogen (secondary N) is 1. The average molecular weight is 346 g/mol. The van der Waals surface area contributed by atoms with E-state index in [9.17, 15) is 13.2 Å². The van der Waals surface area contributed by atoms with Crippen LogP contribution in [0.4, 0.5) is 11.4 Å². The third kappa shape index (κ3) is 3.07. The molecule has 0 saturated heterocycles. The first-order chi connectivity index (χ1) is 11.4. The molecule has 1 aliphatic heterocycles. The van der Waals surface area contributed by atoms with Gasteiger partial charge in [-0.05, 0) is 38.1 Å². The minimum Gasteiger partial charge on any atom is -0.481 e. The number of benzene rings is 2. The van der Waals surface area contributed by atoms with E-state index in [-0.39, 0.29) is 17.4 Å². The summed E-state index contributed by atoms with van der Waals surface area (Å²) in [5.74, 6) is 0.374. The number of likely N-dealkylation sites (N-methyl/N-ethyl adjacent to an activating group) is 1. The zero-order chi connectivity index (χ0) is 17.3. The van der Waals surface area contributed by atoms with Crippen LogP contribution in [0.25, 0.3) is 0 Å². The zero-order valence-corrected chi connectivity index (χ0v) is 14.3. The van der Waals surface area contributed by atoms with Crippen molar-refractivity contribution in [2.75, 3.05) is 22.8 Å². The molecule has 0 spiro atoms. The van der Waals surface area contributed by atoms with Gasteiger partial charge in [-0.15, -0.1) is 0 Å². The van der Waals surface area contributed by atoms with Gasteiger partial charge in [0, 0.05) is 12.6 Å². The lowest BCUT2D eigenvalue weighted by Gasteiger charge is -2.28. The van der Waals surface area contributed by atoms with Crippen molar-refractivity contribution < 1.29 is 17.9 Å². The van der Waals surface area contributed by atoms with E-state index in [0.29, 0.717) is 23.7 Å². The van der Waals surface area contributed by atoms with Crippen LogP contribution in [0.15, 0.2) is 47.4 Å². The number of carbonyl (C=O) groups excluding carboxylic acids is 1. The highest BCUT2D eigenvalue weighted by Gasteiger charge is 2.25. The Kier molecular flexibility index (Phi) is 4.19. The molecule has 7 heteroatoms. The molecule has 0 fully saturated rings. The minimum atomic E-state index is -3.67. The Balaban J connectivity index is 1.89. The average Bonchev–Trinajstić information content (AvgIpc) is 2.55. The number of hydrogen-bond acceptors (Lipinski definition) is 4. The van der Waals surface area contributed by atoms with Crippen LogP contribution >= 0.6 is 0 Å². The Labute approximate surface area is 141 Å². The summed E-state index contributed by atoms with van der Waals surface area (Å²) in [6, 6.07) is 11.5. The summed E-state index contributed by atoms with van der Waals surface area (Å²) in [7, 11) is -3.67. The third-order valence-electron chi connectivity index (χ3n) is 3.80. The second-order valence-corrected chi connectivity index (χ2v) is 7.21. The molecule has 24 heavy (non-hydrogen) atoms. The first kappa shape index (κ1) is 16.3. The normalized spacial score (nSPS) is 14.1. The fourth-order valence-corrected chi connectivity index (χ4v) is 3.60. The standard InChI is InChI=1S/C17H18N2O4S/c1-3-19-15-9-6-13(10-16(15)23-11-17(19)20)18-24(21,22)14-7-4-12(2)5-8-14/h4-10,18H,3,11H2,1-2H3. The van der Waals surface area contributed by atoms with Crippen LogP contribution in [-0.2, 0) is 14.8 Å². The van der Waals surface area contributed by atoms with Crippen molar-refractivity contribution in [3.05, 3.63) is 48.0 Å². The van der Waals surface area contributed by atoms with E-state index >= 15 is 0 Å². The lowest BCUT2D eigenvalue weighted by Crippen LogP contribution is -2.38. The van der Waals surface area contributed by atoms with E-state index in [4.69, 9.17) is 4.74 Å². The largest absolute Gasteiger partial charge is 0.481 e. The Bertz CT molecular complexity index is 876. The maximum Gasteiger partial charge on any atom is 0.265 e. The molecule has 0 radical (unpaired) electrons. The number of sulfonamides is 1. The van der Waals surface area contributed by atoms with Gasteiger partial charge in [0.1, 0.15) is 5.75 Å². The number of anilines is 2.